The molecule has 1 aromatic rings. The van der Waals surface area contributed by atoms with E-state index in [4.69, 9.17) is 5.11 Å². The van der Waals surface area contributed by atoms with E-state index in [1.807, 2.05) is 0 Å². The van der Waals surface area contributed by atoms with Gasteiger partial charge >= 0.3 is 12.6 Å². The number of benzene rings is 1. The van der Waals surface area contributed by atoms with E-state index in [2.05, 4.69) is 4.74 Å². The van der Waals surface area contributed by atoms with Crippen LogP contribution >= 0.6 is 0 Å². The highest BCUT2D eigenvalue weighted by atomic mass is 19.3. The highest BCUT2D eigenvalue weighted by Crippen LogP contribution is 2.26. The number of ether oxygens (including phenoxy) is 1. The number of alkyl halides is 2. The Kier molecular flexibility index (Phi) is 4.43. The molecule has 3 nitrogen and oxygen atoms in total. The summed E-state index contributed by atoms with van der Waals surface area (Å²) in [5, 5.41) is 8.86. The van der Waals surface area contributed by atoms with Gasteiger partial charge in [0, 0.05) is 0 Å². The number of carboxylic acid groups (broad SMARTS) is 1. The molecule has 0 saturated carbocycles. The second kappa shape index (κ2) is 5.61. The molecule has 1 aromatic carbocycles. The Morgan fingerprint density at radius 3 is 2.18 bits per heavy atom. The first-order valence-electron chi connectivity index (χ1n) is 5.19. The molecule has 0 radical (unpaired) electrons. The third-order valence-corrected chi connectivity index (χ3v) is 2.77. The van der Waals surface area contributed by atoms with E-state index in [1.165, 1.54) is 12.1 Å². The Morgan fingerprint density at radius 2 is 1.76 bits per heavy atom. The minimum absolute atomic E-state index is 0.0685. The van der Waals surface area contributed by atoms with E-state index in [1.54, 1.807) is 26.0 Å². The van der Waals surface area contributed by atoms with Gasteiger partial charge in [-0.15, -0.1) is 0 Å². The number of carboxylic acids is 1. The van der Waals surface area contributed by atoms with Crippen LogP contribution in [0.15, 0.2) is 24.3 Å². The van der Waals surface area contributed by atoms with Gasteiger partial charge in [-0.1, -0.05) is 26.0 Å². The largest absolute Gasteiger partial charge is 0.481 e. The summed E-state index contributed by atoms with van der Waals surface area (Å²) >= 11 is 0. The molecule has 2 atom stereocenters. The number of hydrogen-bond acceptors (Lipinski definition) is 2. The minimum atomic E-state index is -2.85. The van der Waals surface area contributed by atoms with Gasteiger partial charge in [0.25, 0.3) is 0 Å². The maximum Gasteiger partial charge on any atom is 0.387 e. The quantitative estimate of drug-likeness (QED) is 0.865. The number of aliphatic carboxylic acids is 1. The average molecular weight is 244 g/mol. The Morgan fingerprint density at radius 1 is 1.24 bits per heavy atom. The fraction of sp³-hybridized carbons (Fsp3) is 0.417. The fourth-order valence-corrected chi connectivity index (χ4v) is 1.46. The van der Waals surface area contributed by atoms with E-state index in [0.29, 0.717) is 0 Å². The number of rotatable bonds is 5. The van der Waals surface area contributed by atoms with Crippen molar-refractivity contribution < 1.29 is 23.4 Å². The molecule has 0 heterocycles. The Hall–Kier alpha value is -1.65. The van der Waals surface area contributed by atoms with Crippen molar-refractivity contribution in [3.05, 3.63) is 29.8 Å². The van der Waals surface area contributed by atoms with Gasteiger partial charge in [0.05, 0.1) is 5.92 Å². The lowest BCUT2D eigenvalue weighted by Gasteiger charge is -2.16. The van der Waals surface area contributed by atoms with Crippen molar-refractivity contribution in [3.63, 3.8) is 0 Å². The molecule has 0 aliphatic carbocycles. The first-order chi connectivity index (χ1) is 7.91. The summed E-state index contributed by atoms with van der Waals surface area (Å²) in [6, 6.07) is 6.02. The van der Waals surface area contributed by atoms with Crippen molar-refractivity contribution in [1.82, 2.24) is 0 Å². The lowest BCUT2D eigenvalue weighted by atomic mass is 9.89. The van der Waals surface area contributed by atoms with Gasteiger partial charge in [-0.3, -0.25) is 4.79 Å². The zero-order valence-corrected chi connectivity index (χ0v) is 9.56. The molecule has 0 aliphatic heterocycles. The Labute approximate surface area is 98.0 Å². The van der Waals surface area contributed by atoms with Gasteiger partial charge in [-0.05, 0) is 23.6 Å². The second-order valence-electron chi connectivity index (χ2n) is 3.86. The highest BCUT2D eigenvalue weighted by Gasteiger charge is 2.20. The fourth-order valence-electron chi connectivity index (χ4n) is 1.46. The molecule has 17 heavy (non-hydrogen) atoms. The van der Waals surface area contributed by atoms with Gasteiger partial charge in [0.1, 0.15) is 5.75 Å². The number of hydrogen-bond donors (Lipinski definition) is 1. The average Bonchev–Trinajstić information content (AvgIpc) is 2.27. The SMILES string of the molecule is CC(C(=O)O)C(C)c1ccc(OC(F)F)cc1. The van der Waals surface area contributed by atoms with Crippen LogP contribution in [0.3, 0.4) is 0 Å². The van der Waals surface area contributed by atoms with E-state index in [-0.39, 0.29) is 11.7 Å². The predicted molar refractivity (Wildman–Crippen MR) is 58.3 cm³/mol. The van der Waals surface area contributed by atoms with Gasteiger partial charge in [0.15, 0.2) is 0 Å². The lowest BCUT2D eigenvalue weighted by Crippen LogP contribution is -2.16. The monoisotopic (exact) mass is 244 g/mol. The number of carbonyl (C=O) groups is 1. The Bertz CT molecular complexity index is 376. The van der Waals surface area contributed by atoms with Crippen molar-refractivity contribution in [2.75, 3.05) is 0 Å². The van der Waals surface area contributed by atoms with Crippen LogP contribution in [0.1, 0.15) is 25.3 Å². The topological polar surface area (TPSA) is 46.5 Å². The molecular formula is C12H14F2O3. The van der Waals surface area contributed by atoms with Gasteiger partial charge in [-0.2, -0.15) is 8.78 Å². The summed E-state index contributed by atoms with van der Waals surface area (Å²) in [6.07, 6.45) is 0. The van der Waals surface area contributed by atoms with Crippen LogP contribution < -0.4 is 4.74 Å². The van der Waals surface area contributed by atoms with Crippen LogP contribution in [-0.2, 0) is 4.79 Å². The van der Waals surface area contributed by atoms with Crippen molar-refractivity contribution in [3.8, 4) is 5.75 Å². The van der Waals surface area contributed by atoms with Crippen molar-refractivity contribution in [1.29, 1.82) is 0 Å². The van der Waals surface area contributed by atoms with E-state index in [0.717, 1.165) is 5.56 Å². The predicted octanol–water partition coefficient (Wildman–Crippen LogP) is 3.11. The summed E-state index contributed by atoms with van der Waals surface area (Å²) in [4.78, 5) is 10.8. The molecule has 0 fully saturated rings. The first-order valence-corrected chi connectivity index (χ1v) is 5.19. The molecule has 0 amide bonds. The van der Waals surface area contributed by atoms with Crippen molar-refractivity contribution in [2.24, 2.45) is 5.92 Å². The smallest absolute Gasteiger partial charge is 0.387 e. The zero-order chi connectivity index (χ0) is 13.0. The Balaban J connectivity index is 2.76. The zero-order valence-electron chi connectivity index (χ0n) is 9.56. The normalized spacial score (nSPS) is 14.4. The van der Waals surface area contributed by atoms with E-state index < -0.39 is 18.5 Å². The summed E-state index contributed by atoms with van der Waals surface area (Å²) in [7, 11) is 0. The maximum absolute atomic E-state index is 11.9. The van der Waals surface area contributed by atoms with Crippen LogP contribution in [0.5, 0.6) is 5.75 Å². The van der Waals surface area contributed by atoms with E-state index in [9.17, 15) is 13.6 Å². The molecule has 0 saturated heterocycles. The summed E-state index contributed by atoms with van der Waals surface area (Å²) < 4.78 is 28.0. The van der Waals surface area contributed by atoms with Crippen LogP contribution in [0.2, 0.25) is 0 Å². The molecule has 94 valence electrons. The van der Waals surface area contributed by atoms with Crippen LogP contribution in [0.4, 0.5) is 8.78 Å². The molecule has 0 aromatic heterocycles. The van der Waals surface area contributed by atoms with Crippen LogP contribution in [0.25, 0.3) is 0 Å². The molecular weight excluding hydrogens is 230 g/mol. The van der Waals surface area contributed by atoms with Gasteiger partial charge < -0.3 is 9.84 Å². The van der Waals surface area contributed by atoms with Crippen molar-refractivity contribution >= 4 is 5.97 Å². The third-order valence-electron chi connectivity index (χ3n) is 2.77. The molecule has 2 unspecified atom stereocenters. The van der Waals surface area contributed by atoms with Gasteiger partial charge in [-0.25, -0.2) is 0 Å². The van der Waals surface area contributed by atoms with Gasteiger partial charge in [0.2, 0.25) is 0 Å². The first kappa shape index (κ1) is 13.4. The minimum Gasteiger partial charge on any atom is -0.481 e. The highest BCUT2D eigenvalue weighted by molar-refractivity contribution is 5.70. The molecule has 0 aliphatic rings. The van der Waals surface area contributed by atoms with Crippen LogP contribution in [-0.4, -0.2) is 17.7 Å². The standard InChI is InChI=1S/C12H14F2O3/c1-7(8(2)11(15)16)9-3-5-10(6-4-9)17-12(13)14/h3-8,12H,1-2H3,(H,15,16). The second-order valence-corrected chi connectivity index (χ2v) is 3.86. The molecule has 5 heteroatoms. The summed E-state index contributed by atoms with van der Waals surface area (Å²) in [5.74, 6) is -1.53. The lowest BCUT2D eigenvalue weighted by molar-refractivity contribution is -0.141. The molecule has 0 bridgehead atoms. The van der Waals surface area contributed by atoms with E-state index >= 15 is 0 Å². The number of halogens is 2. The van der Waals surface area contributed by atoms with Crippen LogP contribution in [0, 0.1) is 5.92 Å². The van der Waals surface area contributed by atoms with Crippen molar-refractivity contribution in [2.45, 2.75) is 26.4 Å². The summed E-state index contributed by atoms with van der Waals surface area (Å²) in [6.45, 7) is 0.537. The molecule has 0 spiro atoms. The maximum atomic E-state index is 11.9. The summed E-state index contributed by atoms with van der Waals surface area (Å²) in [5.41, 5.74) is 0.779. The molecule has 1 N–H and O–H groups in total. The molecule has 1 rings (SSSR count). The third kappa shape index (κ3) is 3.69.